The van der Waals surface area contributed by atoms with E-state index in [4.69, 9.17) is 13.9 Å². The highest BCUT2D eigenvalue weighted by Crippen LogP contribution is 2.51. The molecule has 0 aromatic heterocycles. The van der Waals surface area contributed by atoms with Gasteiger partial charge in [0, 0.05) is 66.7 Å². The summed E-state index contributed by atoms with van der Waals surface area (Å²) in [4.78, 5) is 13.0. The second kappa shape index (κ2) is 20.4. The van der Waals surface area contributed by atoms with E-state index in [2.05, 4.69) is 16.7 Å². The van der Waals surface area contributed by atoms with Crippen LogP contribution in [0.25, 0.3) is 28.7 Å². The molecular formula is C45H53N2O11S2+. The standard InChI is InChI=1S/C45H52N2O11S2/c1-33-37(38-22-20-35(46(26-28-56-3)27-29-57-4)31-41(38)58-44(33)34-15-9-8-10-16-34)17-11-6-5-7-12-18-42-45(2,24-13-19-43(48)49)39-32-36(60(53,54)55)21-23-40(39)47(42)25-14-30-59(50,51)52/h5-12,15-18,20-23,31-32H,13-14,19,24-30H2,1-4H3,(H2-,48,49,50,51,52,53,54,55)/p+1. The average molecular weight is 862 g/mol. The molecule has 1 aliphatic carbocycles. The van der Waals surface area contributed by atoms with Crippen molar-refractivity contribution < 1.29 is 49.7 Å². The quantitative estimate of drug-likeness (QED) is 0.0471. The summed E-state index contributed by atoms with van der Waals surface area (Å²) in [5, 5.41) is 10.4. The van der Waals surface area contributed by atoms with Gasteiger partial charge in [-0.15, -0.1) is 0 Å². The predicted octanol–water partition coefficient (Wildman–Crippen LogP) is 6.99. The Morgan fingerprint density at radius 3 is 2.22 bits per heavy atom. The Balaban J connectivity index is 1.51. The predicted molar refractivity (Wildman–Crippen MR) is 233 cm³/mol. The van der Waals surface area contributed by atoms with Gasteiger partial charge in [0.1, 0.15) is 24.7 Å². The monoisotopic (exact) mass is 861 g/mol. The van der Waals surface area contributed by atoms with Crippen LogP contribution in [0.3, 0.4) is 0 Å². The van der Waals surface area contributed by atoms with E-state index in [1.54, 1.807) is 26.4 Å². The van der Waals surface area contributed by atoms with E-state index in [9.17, 15) is 35.8 Å². The molecule has 2 heterocycles. The van der Waals surface area contributed by atoms with Gasteiger partial charge in [0.25, 0.3) is 20.2 Å². The van der Waals surface area contributed by atoms with Crippen molar-refractivity contribution in [2.24, 2.45) is 0 Å². The Kier molecular flexibility index (Phi) is 15.6. The van der Waals surface area contributed by atoms with E-state index < -0.39 is 37.4 Å². The van der Waals surface area contributed by atoms with Gasteiger partial charge in [-0.2, -0.15) is 16.8 Å². The van der Waals surface area contributed by atoms with Crippen LogP contribution in [0.5, 0.6) is 0 Å². The number of anilines is 1. The summed E-state index contributed by atoms with van der Waals surface area (Å²) in [7, 11) is -5.46. The van der Waals surface area contributed by atoms with Gasteiger partial charge in [0.2, 0.25) is 5.36 Å². The third-order valence-electron chi connectivity index (χ3n) is 10.6. The number of nitrogens with zero attached hydrogens (tertiary/aromatic N) is 2. The topological polar surface area (TPSA) is 184 Å². The Morgan fingerprint density at radius 1 is 0.883 bits per heavy atom. The summed E-state index contributed by atoms with van der Waals surface area (Å²) in [5.74, 6) is 0.00844. The molecule has 2 aromatic carbocycles. The molecule has 1 unspecified atom stereocenters. The first-order valence-corrected chi connectivity index (χ1v) is 22.6. The van der Waals surface area contributed by atoms with E-state index in [0.717, 1.165) is 39.1 Å². The summed E-state index contributed by atoms with van der Waals surface area (Å²) < 4.78 is 86.4. The minimum atomic E-state index is -4.56. The molecule has 0 saturated carbocycles. The van der Waals surface area contributed by atoms with Gasteiger partial charge in [-0.25, -0.2) is 4.58 Å². The Bertz CT molecular complexity index is 2530. The van der Waals surface area contributed by atoms with Gasteiger partial charge in [0.15, 0.2) is 13.1 Å². The van der Waals surface area contributed by atoms with E-state index in [0.29, 0.717) is 49.7 Å². The molecule has 3 aliphatic rings. The van der Waals surface area contributed by atoms with Gasteiger partial charge >= 0.3 is 5.97 Å². The van der Waals surface area contributed by atoms with Crippen LogP contribution in [0.4, 0.5) is 5.69 Å². The molecule has 320 valence electrons. The fourth-order valence-electron chi connectivity index (χ4n) is 7.56. The van der Waals surface area contributed by atoms with E-state index in [-0.39, 0.29) is 30.7 Å². The lowest BCUT2D eigenvalue weighted by Gasteiger charge is -2.30. The van der Waals surface area contributed by atoms with E-state index in [1.807, 2.05) is 91.6 Å². The number of hydrogen-bond acceptors (Lipinski definition) is 9. The lowest BCUT2D eigenvalue weighted by molar-refractivity contribution is -0.137. The van der Waals surface area contributed by atoms with Crippen molar-refractivity contribution in [1.82, 2.24) is 4.58 Å². The highest BCUT2D eigenvalue weighted by atomic mass is 32.2. The van der Waals surface area contributed by atoms with Crippen LogP contribution in [0, 0.1) is 6.92 Å². The van der Waals surface area contributed by atoms with Crippen LogP contribution in [-0.2, 0) is 39.9 Å². The molecule has 0 saturated heterocycles. The molecule has 0 fully saturated rings. The Hall–Kier alpha value is -5.16. The molecule has 0 bridgehead atoms. The maximum atomic E-state index is 12.2. The fraction of sp³-hybridized carbons (Fsp3) is 0.333. The number of fused-ring (bicyclic) bond motifs is 2. The third kappa shape index (κ3) is 11.6. The van der Waals surface area contributed by atoms with Crippen molar-refractivity contribution in [1.29, 1.82) is 0 Å². The fourth-order valence-corrected chi connectivity index (χ4v) is 8.56. The van der Waals surface area contributed by atoms with Gasteiger partial charge in [-0.05, 0) is 74.6 Å². The normalized spacial score (nSPS) is 16.6. The highest BCUT2D eigenvalue weighted by Gasteiger charge is 2.43. The van der Waals surface area contributed by atoms with Crippen molar-refractivity contribution in [3.8, 4) is 22.6 Å². The van der Waals surface area contributed by atoms with Crippen molar-refractivity contribution in [2.75, 3.05) is 57.7 Å². The molecular weight excluding hydrogens is 809 g/mol. The molecule has 2 aromatic rings. The van der Waals surface area contributed by atoms with Gasteiger partial charge in [-0.1, -0.05) is 66.8 Å². The van der Waals surface area contributed by atoms with Crippen molar-refractivity contribution in [3.63, 3.8) is 0 Å². The summed E-state index contributed by atoms with van der Waals surface area (Å²) in [5.41, 5.74) is 4.75. The molecule has 5 rings (SSSR count). The Labute approximate surface area is 352 Å². The molecule has 0 spiro atoms. The summed E-state index contributed by atoms with van der Waals surface area (Å²) >= 11 is 0. The SMILES string of the molecule is COCC[N+](CCOC)=c1ccc2c(C=CC=CC=CC=C3N(CCCS(=O)(=O)O)c4ccc(S(=O)(=O)O)cc4C3(C)CCCC(=O)O)c(C)c(-c3ccccc3)oc-2c1. The average Bonchev–Trinajstić information content (AvgIpc) is 3.43. The lowest BCUT2D eigenvalue weighted by Crippen LogP contribution is -2.35. The van der Waals surface area contributed by atoms with Crippen molar-refractivity contribution in [2.45, 2.75) is 49.8 Å². The van der Waals surface area contributed by atoms with Gasteiger partial charge in [0.05, 0.1) is 16.7 Å². The number of hydrogen-bond donors (Lipinski definition) is 3. The van der Waals surface area contributed by atoms with Crippen LogP contribution in [-0.4, -0.2) is 89.8 Å². The van der Waals surface area contributed by atoms with Crippen molar-refractivity contribution in [3.05, 3.63) is 131 Å². The first kappa shape index (κ1) is 45.9. The zero-order chi connectivity index (χ0) is 43.5. The Morgan fingerprint density at radius 2 is 1.57 bits per heavy atom. The van der Waals surface area contributed by atoms with E-state index >= 15 is 0 Å². The summed E-state index contributed by atoms with van der Waals surface area (Å²) in [6.07, 6.45) is 13.7. The second-order valence-corrected chi connectivity index (χ2v) is 17.7. The maximum absolute atomic E-state index is 12.2. The first-order chi connectivity index (χ1) is 28.6. The molecule has 3 N–H and O–H groups in total. The molecule has 0 radical (unpaired) electrons. The minimum absolute atomic E-state index is 0.0589. The van der Waals surface area contributed by atoms with Crippen LogP contribution in [0.2, 0.25) is 0 Å². The number of ether oxygens (including phenoxy) is 2. The number of benzene rings is 3. The molecule has 0 amide bonds. The first-order valence-electron chi connectivity index (χ1n) is 19.5. The number of methoxy groups -OCH3 is 2. The van der Waals surface area contributed by atoms with Gasteiger partial charge < -0.3 is 23.9 Å². The smallest absolute Gasteiger partial charge is 0.303 e. The zero-order valence-corrected chi connectivity index (χ0v) is 35.9. The molecule has 1 atom stereocenters. The maximum Gasteiger partial charge on any atom is 0.303 e. The van der Waals surface area contributed by atoms with Crippen LogP contribution < -0.4 is 14.8 Å². The van der Waals surface area contributed by atoms with E-state index in [1.165, 1.54) is 12.1 Å². The number of carboxylic acids is 1. The highest BCUT2D eigenvalue weighted by molar-refractivity contribution is 7.86. The summed E-state index contributed by atoms with van der Waals surface area (Å²) in [6.45, 7) is 6.54. The molecule has 13 nitrogen and oxygen atoms in total. The third-order valence-corrected chi connectivity index (χ3v) is 12.2. The van der Waals surface area contributed by atoms with Crippen LogP contribution in [0.15, 0.2) is 118 Å². The number of aliphatic carboxylic acids is 1. The minimum Gasteiger partial charge on any atom is -0.481 e. The summed E-state index contributed by atoms with van der Waals surface area (Å²) in [6, 6.07) is 20.3. The largest absolute Gasteiger partial charge is 0.481 e. The number of carboxylic acid groups (broad SMARTS) is 1. The van der Waals surface area contributed by atoms with Crippen LogP contribution >= 0.6 is 0 Å². The van der Waals surface area contributed by atoms with Crippen molar-refractivity contribution >= 4 is 38.0 Å². The number of allylic oxidation sites excluding steroid dienone is 7. The van der Waals surface area contributed by atoms with Gasteiger partial charge in [-0.3, -0.25) is 13.9 Å². The lowest BCUT2D eigenvalue weighted by atomic mass is 9.77. The number of rotatable bonds is 20. The molecule has 2 aliphatic heterocycles. The zero-order valence-electron chi connectivity index (χ0n) is 34.3. The molecule has 60 heavy (non-hydrogen) atoms. The number of carbonyl (C=O) groups is 1. The second-order valence-electron chi connectivity index (χ2n) is 14.7. The molecule has 15 heteroatoms. The van der Waals surface area contributed by atoms with Crippen LogP contribution in [0.1, 0.15) is 49.3 Å².